The van der Waals surface area contributed by atoms with Crippen molar-refractivity contribution in [1.29, 1.82) is 0 Å². The molecule has 2 amide bonds. The molecule has 0 heterocycles. The standard InChI is InChI=1S/C22H17F3N2O2/c23-22(24,25)17-10-8-16(9-11-17)20(28)14-15-6-12-19(13-7-15)27-21(29)26-18-4-2-1-3-5-18/h1-13H,14H2,(H2,26,27,29). The molecule has 3 aromatic rings. The molecule has 0 fully saturated rings. The van der Waals surface area contributed by atoms with Gasteiger partial charge in [-0.15, -0.1) is 0 Å². The number of amides is 2. The number of alkyl halides is 3. The van der Waals surface area contributed by atoms with E-state index >= 15 is 0 Å². The summed E-state index contributed by atoms with van der Waals surface area (Å²) in [5.74, 6) is -0.291. The molecule has 0 radical (unpaired) electrons. The normalized spacial score (nSPS) is 11.0. The van der Waals surface area contributed by atoms with Crippen molar-refractivity contribution in [2.75, 3.05) is 10.6 Å². The molecule has 0 bridgehead atoms. The minimum absolute atomic E-state index is 0.0435. The number of anilines is 2. The number of hydrogen-bond donors (Lipinski definition) is 2. The Labute approximate surface area is 165 Å². The summed E-state index contributed by atoms with van der Waals surface area (Å²) >= 11 is 0. The summed E-state index contributed by atoms with van der Waals surface area (Å²) in [5, 5.41) is 5.37. The first-order chi connectivity index (χ1) is 13.8. The van der Waals surface area contributed by atoms with Gasteiger partial charge in [0.25, 0.3) is 0 Å². The molecule has 3 aromatic carbocycles. The number of halogens is 3. The van der Waals surface area contributed by atoms with Crippen LogP contribution in [-0.2, 0) is 12.6 Å². The Balaban J connectivity index is 1.57. The van der Waals surface area contributed by atoms with Gasteiger partial charge >= 0.3 is 12.2 Å². The summed E-state index contributed by atoms with van der Waals surface area (Å²) < 4.78 is 37.8. The number of hydrogen-bond acceptors (Lipinski definition) is 2. The van der Waals surface area contributed by atoms with Crippen LogP contribution in [0.1, 0.15) is 21.5 Å². The van der Waals surface area contributed by atoms with Crippen molar-refractivity contribution in [3.8, 4) is 0 Å². The second-order valence-electron chi connectivity index (χ2n) is 6.32. The van der Waals surface area contributed by atoms with Gasteiger partial charge in [0.15, 0.2) is 5.78 Å². The highest BCUT2D eigenvalue weighted by molar-refractivity contribution is 6.00. The average molecular weight is 398 g/mol. The zero-order chi connectivity index (χ0) is 20.9. The third kappa shape index (κ3) is 5.68. The van der Waals surface area contributed by atoms with Gasteiger partial charge in [0, 0.05) is 23.4 Å². The lowest BCUT2D eigenvalue weighted by Crippen LogP contribution is -2.19. The lowest BCUT2D eigenvalue weighted by Gasteiger charge is -2.09. The fraction of sp³-hybridized carbons (Fsp3) is 0.0909. The molecule has 0 atom stereocenters. The van der Waals surface area contributed by atoms with E-state index in [1.807, 2.05) is 6.07 Å². The van der Waals surface area contributed by atoms with Crippen LogP contribution in [0, 0.1) is 0 Å². The van der Waals surface area contributed by atoms with Gasteiger partial charge in [-0.05, 0) is 42.0 Å². The third-order valence-electron chi connectivity index (χ3n) is 4.14. The maximum Gasteiger partial charge on any atom is 0.416 e. The van der Waals surface area contributed by atoms with Crippen LogP contribution in [0.15, 0.2) is 78.9 Å². The van der Waals surface area contributed by atoms with E-state index < -0.39 is 17.8 Å². The Morgan fingerprint density at radius 2 is 1.28 bits per heavy atom. The van der Waals surface area contributed by atoms with E-state index in [0.717, 1.165) is 12.1 Å². The Morgan fingerprint density at radius 3 is 1.83 bits per heavy atom. The molecular formula is C22H17F3N2O2. The van der Waals surface area contributed by atoms with Gasteiger partial charge < -0.3 is 10.6 Å². The fourth-order valence-electron chi connectivity index (χ4n) is 2.65. The summed E-state index contributed by atoms with van der Waals surface area (Å²) in [6, 6.07) is 19.4. The number of urea groups is 1. The van der Waals surface area contributed by atoms with Crippen molar-refractivity contribution >= 4 is 23.2 Å². The predicted molar refractivity (Wildman–Crippen MR) is 105 cm³/mol. The zero-order valence-electron chi connectivity index (χ0n) is 15.2. The lowest BCUT2D eigenvalue weighted by atomic mass is 10.0. The SMILES string of the molecule is O=C(Nc1ccccc1)Nc1ccc(CC(=O)c2ccc(C(F)(F)F)cc2)cc1. The van der Waals surface area contributed by atoms with Crippen LogP contribution >= 0.6 is 0 Å². The first-order valence-electron chi connectivity index (χ1n) is 8.74. The average Bonchev–Trinajstić information content (AvgIpc) is 2.69. The number of benzene rings is 3. The number of ketones is 1. The van der Waals surface area contributed by atoms with Crippen LogP contribution in [-0.4, -0.2) is 11.8 Å². The number of rotatable bonds is 5. The third-order valence-corrected chi connectivity index (χ3v) is 4.14. The van der Waals surface area contributed by atoms with Crippen molar-refractivity contribution in [3.05, 3.63) is 95.6 Å². The van der Waals surface area contributed by atoms with Crippen molar-refractivity contribution < 1.29 is 22.8 Å². The van der Waals surface area contributed by atoms with E-state index in [-0.39, 0.29) is 17.8 Å². The Kier molecular flexibility index (Phi) is 5.97. The van der Waals surface area contributed by atoms with E-state index in [9.17, 15) is 22.8 Å². The highest BCUT2D eigenvalue weighted by Crippen LogP contribution is 2.29. The molecule has 0 saturated carbocycles. The molecule has 2 N–H and O–H groups in total. The number of Topliss-reactive ketones (excluding diaryl/α,β-unsaturated/α-hetero) is 1. The Hall–Kier alpha value is -3.61. The van der Waals surface area contributed by atoms with Crippen molar-refractivity contribution in [1.82, 2.24) is 0 Å². The second-order valence-corrected chi connectivity index (χ2v) is 6.32. The Morgan fingerprint density at radius 1 is 0.724 bits per heavy atom. The minimum atomic E-state index is -4.43. The molecule has 0 aromatic heterocycles. The van der Waals surface area contributed by atoms with Gasteiger partial charge in [0.05, 0.1) is 5.56 Å². The van der Waals surface area contributed by atoms with E-state index in [0.29, 0.717) is 16.9 Å². The fourth-order valence-corrected chi connectivity index (χ4v) is 2.65. The first kappa shape index (κ1) is 20.1. The monoisotopic (exact) mass is 398 g/mol. The van der Waals surface area contributed by atoms with Crippen LogP contribution in [0.4, 0.5) is 29.3 Å². The zero-order valence-corrected chi connectivity index (χ0v) is 15.2. The van der Waals surface area contributed by atoms with Gasteiger partial charge in [-0.1, -0.05) is 42.5 Å². The summed E-state index contributed by atoms with van der Waals surface area (Å²) in [4.78, 5) is 24.3. The number of carbonyl (C=O) groups is 2. The molecule has 0 aliphatic heterocycles. The van der Waals surface area contributed by atoms with E-state index in [1.165, 1.54) is 12.1 Å². The molecule has 0 aliphatic carbocycles. The van der Waals surface area contributed by atoms with Crippen LogP contribution in [0.2, 0.25) is 0 Å². The topological polar surface area (TPSA) is 58.2 Å². The van der Waals surface area contributed by atoms with Gasteiger partial charge in [-0.2, -0.15) is 13.2 Å². The predicted octanol–water partition coefficient (Wildman–Crippen LogP) is 5.77. The molecule has 7 heteroatoms. The van der Waals surface area contributed by atoms with Crippen molar-refractivity contribution in [2.24, 2.45) is 0 Å². The Bertz CT molecular complexity index is 983. The molecule has 148 valence electrons. The summed E-state index contributed by atoms with van der Waals surface area (Å²) in [7, 11) is 0. The van der Waals surface area contributed by atoms with Gasteiger partial charge in [-0.3, -0.25) is 4.79 Å². The maximum absolute atomic E-state index is 12.6. The second kappa shape index (κ2) is 8.60. The van der Waals surface area contributed by atoms with Gasteiger partial charge in [0.2, 0.25) is 0 Å². The first-order valence-corrected chi connectivity index (χ1v) is 8.74. The molecule has 29 heavy (non-hydrogen) atoms. The highest BCUT2D eigenvalue weighted by atomic mass is 19.4. The van der Waals surface area contributed by atoms with Crippen molar-refractivity contribution in [3.63, 3.8) is 0 Å². The molecule has 3 rings (SSSR count). The molecule has 0 unspecified atom stereocenters. The lowest BCUT2D eigenvalue weighted by molar-refractivity contribution is -0.137. The van der Waals surface area contributed by atoms with Crippen LogP contribution in [0.5, 0.6) is 0 Å². The molecule has 0 aliphatic rings. The minimum Gasteiger partial charge on any atom is -0.308 e. The number of nitrogens with one attached hydrogen (secondary N) is 2. The van der Waals surface area contributed by atoms with E-state index in [2.05, 4.69) is 10.6 Å². The van der Waals surface area contributed by atoms with Crippen LogP contribution in [0.25, 0.3) is 0 Å². The van der Waals surface area contributed by atoms with E-state index in [1.54, 1.807) is 48.5 Å². The summed E-state index contributed by atoms with van der Waals surface area (Å²) in [6.45, 7) is 0. The maximum atomic E-state index is 12.6. The molecule has 0 saturated heterocycles. The van der Waals surface area contributed by atoms with Crippen molar-refractivity contribution in [2.45, 2.75) is 12.6 Å². The van der Waals surface area contributed by atoms with Gasteiger partial charge in [-0.25, -0.2) is 4.79 Å². The summed E-state index contributed by atoms with van der Waals surface area (Å²) in [5.41, 5.74) is 1.30. The summed E-state index contributed by atoms with van der Waals surface area (Å²) in [6.07, 6.45) is -4.39. The van der Waals surface area contributed by atoms with Crippen LogP contribution in [0.3, 0.4) is 0 Å². The molecule has 0 spiro atoms. The smallest absolute Gasteiger partial charge is 0.308 e. The molecular weight excluding hydrogens is 381 g/mol. The van der Waals surface area contributed by atoms with Gasteiger partial charge in [0.1, 0.15) is 0 Å². The quantitative estimate of drug-likeness (QED) is 0.536. The largest absolute Gasteiger partial charge is 0.416 e. The molecule has 4 nitrogen and oxygen atoms in total. The van der Waals surface area contributed by atoms with E-state index in [4.69, 9.17) is 0 Å². The highest BCUT2D eigenvalue weighted by Gasteiger charge is 2.30. The van der Waals surface area contributed by atoms with Crippen LogP contribution < -0.4 is 10.6 Å². The number of carbonyl (C=O) groups excluding carboxylic acids is 2. The number of para-hydroxylation sites is 1.